The summed E-state index contributed by atoms with van der Waals surface area (Å²) >= 11 is 0. The molecule has 2 aromatic rings. The molecule has 0 bridgehead atoms. The molecule has 0 fully saturated rings. The second-order valence-corrected chi connectivity index (χ2v) is 4.55. The molecular formula is C16H17F2NO. The minimum Gasteiger partial charge on any atom is -0.488 e. The van der Waals surface area contributed by atoms with Crippen LogP contribution in [0.5, 0.6) is 5.75 Å². The van der Waals surface area contributed by atoms with E-state index in [9.17, 15) is 8.78 Å². The summed E-state index contributed by atoms with van der Waals surface area (Å²) < 4.78 is 32.3. The zero-order chi connectivity index (χ0) is 14.5. The first-order valence-corrected chi connectivity index (χ1v) is 6.45. The van der Waals surface area contributed by atoms with Crippen molar-refractivity contribution in [2.24, 2.45) is 0 Å². The summed E-state index contributed by atoms with van der Waals surface area (Å²) in [6.07, 6.45) is 0. The molecule has 2 nitrogen and oxygen atoms in total. The highest BCUT2D eigenvalue weighted by atomic mass is 19.2. The Morgan fingerprint density at radius 2 is 1.85 bits per heavy atom. The molecule has 106 valence electrons. The number of para-hydroxylation sites is 1. The Bertz CT molecular complexity index is 586. The Kier molecular flexibility index (Phi) is 4.69. The van der Waals surface area contributed by atoms with Crippen LogP contribution >= 0.6 is 0 Å². The number of hydrogen-bond donors (Lipinski definition) is 1. The Balaban J connectivity index is 2.17. The third-order valence-corrected chi connectivity index (χ3v) is 3.23. The Labute approximate surface area is 117 Å². The third kappa shape index (κ3) is 3.14. The number of benzene rings is 2. The van der Waals surface area contributed by atoms with E-state index in [4.69, 9.17) is 4.74 Å². The fourth-order valence-corrected chi connectivity index (χ4v) is 1.94. The molecule has 1 unspecified atom stereocenters. The fourth-order valence-electron chi connectivity index (χ4n) is 1.94. The second kappa shape index (κ2) is 6.48. The first-order chi connectivity index (χ1) is 9.63. The molecule has 20 heavy (non-hydrogen) atoms. The van der Waals surface area contributed by atoms with Crippen molar-refractivity contribution in [1.82, 2.24) is 5.32 Å². The van der Waals surface area contributed by atoms with Crippen LogP contribution in [0.1, 0.15) is 24.1 Å². The van der Waals surface area contributed by atoms with Gasteiger partial charge in [-0.1, -0.05) is 30.3 Å². The van der Waals surface area contributed by atoms with Crippen LogP contribution in [-0.4, -0.2) is 7.05 Å². The molecule has 1 N–H and O–H groups in total. The van der Waals surface area contributed by atoms with Crippen molar-refractivity contribution in [3.63, 3.8) is 0 Å². The van der Waals surface area contributed by atoms with E-state index in [1.807, 2.05) is 38.2 Å². The largest absolute Gasteiger partial charge is 0.488 e. The Morgan fingerprint density at radius 3 is 2.60 bits per heavy atom. The first-order valence-electron chi connectivity index (χ1n) is 6.45. The van der Waals surface area contributed by atoms with Gasteiger partial charge < -0.3 is 10.1 Å². The number of halogens is 2. The minimum absolute atomic E-state index is 0.00294. The van der Waals surface area contributed by atoms with Crippen LogP contribution in [0.25, 0.3) is 0 Å². The highest BCUT2D eigenvalue weighted by Gasteiger charge is 2.12. The van der Waals surface area contributed by atoms with E-state index in [0.717, 1.165) is 11.6 Å². The van der Waals surface area contributed by atoms with Crippen molar-refractivity contribution in [1.29, 1.82) is 0 Å². The zero-order valence-corrected chi connectivity index (χ0v) is 11.5. The Hall–Kier alpha value is -1.94. The predicted octanol–water partition coefficient (Wildman–Crippen LogP) is 3.82. The third-order valence-electron chi connectivity index (χ3n) is 3.23. The van der Waals surface area contributed by atoms with Gasteiger partial charge in [0, 0.05) is 17.2 Å². The van der Waals surface area contributed by atoms with E-state index < -0.39 is 11.6 Å². The van der Waals surface area contributed by atoms with Gasteiger partial charge in [-0.3, -0.25) is 0 Å². The smallest absolute Gasteiger partial charge is 0.165 e. The van der Waals surface area contributed by atoms with Gasteiger partial charge in [0.2, 0.25) is 0 Å². The van der Waals surface area contributed by atoms with E-state index in [1.165, 1.54) is 12.1 Å². The van der Waals surface area contributed by atoms with E-state index in [0.29, 0.717) is 5.75 Å². The van der Waals surface area contributed by atoms with Gasteiger partial charge >= 0.3 is 0 Å². The van der Waals surface area contributed by atoms with E-state index in [2.05, 4.69) is 5.32 Å². The molecule has 0 amide bonds. The molecule has 0 aliphatic carbocycles. The standard InChI is InChI=1S/C16H17F2NO/c1-11(19-2)13-7-3-4-9-15(13)20-10-12-6-5-8-14(17)16(12)18/h3-9,11,19H,10H2,1-2H3. The summed E-state index contributed by atoms with van der Waals surface area (Å²) in [6, 6.07) is 11.7. The summed E-state index contributed by atoms with van der Waals surface area (Å²) in [5.74, 6) is -1.05. The van der Waals surface area contributed by atoms with Crippen LogP contribution in [0.2, 0.25) is 0 Å². The average molecular weight is 277 g/mol. The molecular weight excluding hydrogens is 260 g/mol. The molecule has 0 aliphatic rings. The number of nitrogens with one attached hydrogen (secondary N) is 1. The highest BCUT2D eigenvalue weighted by Crippen LogP contribution is 2.25. The summed E-state index contributed by atoms with van der Waals surface area (Å²) in [6.45, 7) is 2.00. The van der Waals surface area contributed by atoms with E-state index in [-0.39, 0.29) is 18.2 Å². The monoisotopic (exact) mass is 277 g/mol. The van der Waals surface area contributed by atoms with Crippen LogP contribution in [0.4, 0.5) is 8.78 Å². The minimum atomic E-state index is -0.858. The fraction of sp³-hybridized carbons (Fsp3) is 0.250. The molecule has 2 rings (SSSR count). The lowest BCUT2D eigenvalue weighted by molar-refractivity contribution is 0.292. The molecule has 1 atom stereocenters. The van der Waals surface area contributed by atoms with Crippen LogP contribution in [0, 0.1) is 11.6 Å². The highest BCUT2D eigenvalue weighted by molar-refractivity contribution is 5.36. The molecule has 4 heteroatoms. The van der Waals surface area contributed by atoms with Crippen molar-refractivity contribution in [3.8, 4) is 5.75 Å². The first kappa shape index (κ1) is 14.5. The maximum absolute atomic E-state index is 13.6. The molecule has 0 heterocycles. The van der Waals surface area contributed by atoms with Gasteiger partial charge in [-0.15, -0.1) is 0 Å². The zero-order valence-electron chi connectivity index (χ0n) is 11.5. The second-order valence-electron chi connectivity index (χ2n) is 4.55. The lowest BCUT2D eigenvalue weighted by Crippen LogP contribution is -2.13. The lowest BCUT2D eigenvalue weighted by Gasteiger charge is -2.16. The Morgan fingerprint density at radius 1 is 1.10 bits per heavy atom. The van der Waals surface area contributed by atoms with E-state index >= 15 is 0 Å². The maximum atomic E-state index is 13.6. The molecule has 2 aromatic carbocycles. The van der Waals surface area contributed by atoms with E-state index in [1.54, 1.807) is 0 Å². The quantitative estimate of drug-likeness (QED) is 0.897. The van der Waals surface area contributed by atoms with Gasteiger partial charge in [-0.25, -0.2) is 8.78 Å². The predicted molar refractivity (Wildman–Crippen MR) is 74.6 cm³/mol. The maximum Gasteiger partial charge on any atom is 0.165 e. The number of ether oxygens (including phenoxy) is 1. The number of hydrogen-bond acceptors (Lipinski definition) is 2. The summed E-state index contributed by atoms with van der Waals surface area (Å²) in [5.41, 5.74) is 1.18. The average Bonchev–Trinajstić information content (AvgIpc) is 2.48. The van der Waals surface area contributed by atoms with Gasteiger partial charge in [0.15, 0.2) is 11.6 Å². The van der Waals surface area contributed by atoms with Crippen LogP contribution in [0.15, 0.2) is 42.5 Å². The number of rotatable bonds is 5. The topological polar surface area (TPSA) is 21.3 Å². The lowest BCUT2D eigenvalue weighted by atomic mass is 10.1. The van der Waals surface area contributed by atoms with Gasteiger partial charge in [0.1, 0.15) is 12.4 Å². The summed E-state index contributed by atoms with van der Waals surface area (Å²) in [7, 11) is 1.85. The van der Waals surface area contributed by atoms with Crippen molar-refractivity contribution in [2.75, 3.05) is 7.05 Å². The molecule has 0 saturated carbocycles. The molecule has 0 saturated heterocycles. The van der Waals surface area contributed by atoms with Gasteiger partial charge in [0.05, 0.1) is 0 Å². The van der Waals surface area contributed by atoms with Crippen molar-refractivity contribution in [2.45, 2.75) is 19.6 Å². The van der Waals surface area contributed by atoms with Gasteiger partial charge in [-0.05, 0) is 26.1 Å². The van der Waals surface area contributed by atoms with Crippen molar-refractivity contribution in [3.05, 3.63) is 65.2 Å². The SMILES string of the molecule is CNC(C)c1ccccc1OCc1cccc(F)c1F. The van der Waals surface area contributed by atoms with Crippen molar-refractivity contribution >= 4 is 0 Å². The summed E-state index contributed by atoms with van der Waals surface area (Å²) in [4.78, 5) is 0. The van der Waals surface area contributed by atoms with Gasteiger partial charge in [0.25, 0.3) is 0 Å². The molecule has 0 aliphatic heterocycles. The van der Waals surface area contributed by atoms with Crippen LogP contribution in [0.3, 0.4) is 0 Å². The molecule has 0 aromatic heterocycles. The van der Waals surface area contributed by atoms with Gasteiger partial charge in [-0.2, -0.15) is 0 Å². The van der Waals surface area contributed by atoms with Crippen molar-refractivity contribution < 1.29 is 13.5 Å². The summed E-state index contributed by atoms with van der Waals surface area (Å²) in [5, 5.41) is 3.13. The molecule has 0 spiro atoms. The molecule has 0 radical (unpaired) electrons. The normalized spacial score (nSPS) is 12.2. The van der Waals surface area contributed by atoms with Crippen LogP contribution < -0.4 is 10.1 Å². The van der Waals surface area contributed by atoms with Crippen LogP contribution in [-0.2, 0) is 6.61 Å².